The number of likely N-dealkylation sites (N-methyl/N-ethyl adjacent to an activating group) is 1. The number of thiocarbonyl (C=S) groups is 1. The van der Waals surface area contributed by atoms with Crippen molar-refractivity contribution in [3.63, 3.8) is 0 Å². The third-order valence-electron chi connectivity index (χ3n) is 2.18. The van der Waals surface area contributed by atoms with E-state index >= 15 is 0 Å². The number of benzene rings is 1. The molecule has 1 aromatic carbocycles. The minimum atomic E-state index is -0.0741. The van der Waals surface area contributed by atoms with E-state index in [9.17, 15) is 4.79 Å². The average molecular weight is 270 g/mol. The van der Waals surface area contributed by atoms with E-state index in [0.717, 1.165) is 5.56 Å². The minimum Gasteiger partial charge on any atom is -0.296 e. The predicted molar refractivity (Wildman–Crippen MR) is 72.4 cm³/mol. The van der Waals surface area contributed by atoms with E-state index in [4.69, 9.17) is 23.8 Å². The molecule has 2 nitrogen and oxygen atoms in total. The van der Waals surface area contributed by atoms with Gasteiger partial charge in [-0.05, 0) is 17.7 Å². The Bertz CT molecular complexity index is 499. The molecule has 1 fully saturated rings. The molecule has 1 saturated heterocycles. The van der Waals surface area contributed by atoms with Crippen molar-refractivity contribution in [1.82, 2.24) is 4.90 Å². The van der Waals surface area contributed by atoms with E-state index in [2.05, 4.69) is 0 Å². The summed E-state index contributed by atoms with van der Waals surface area (Å²) in [6.45, 7) is 0. The molecule has 1 aromatic rings. The van der Waals surface area contributed by atoms with Crippen LogP contribution < -0.4 is 0 Å². The van der Waals surface area contributed by atoms with Crippen molar-refractivity contribution in [2.75, 3.05) is 7.05 Å². The van der Waals surface area contributed by atoms with E-state index in [0.29, 0.717) is 14.2 Å². The SMILES string of the molecule is CN1C(=O)C(=Cc2ccccc2Cl)SC1=S. The molecule has 0 saturated carbocycles. The first-order chi connectivity index (χ1) is 7.59. The summed E-state index contributed by atoms with van der Waals surface area (Å²) in [5.41, 5.74) is 0.832. The zero-order chi connectivity index (χ0) is 11.7. The summed E-state index contributed by atoms with van der Waals surface area (Å²) in [5.74, 6) is -0.0741. The summed E-state index contributed by atoms with van der Waals surface area (Å²) in [6, 6.07) is 7.39. The lowest BCUT2D eigenvalue weighted by molar-refractivity contribution is -0.121. The molecule has 0 aromatic heterocycles. The maximum Gasteiger partial charge on any atom is 0.265 e. The van der Waals surface area contributed by atoms with E-state index in [1.807, 2.05) is 18.2 Å². The van der Waals surface area contributed by atoms with Crippen LogP contribution in [-0.4, -0.2) is 22.2 Å². The molecular weight excluding hydrogens is 262 g/mol. The highest BCUT2D eigenvalue weighted by molar-refractivity contribution is 8.26. The predicted octanol–water partition coefficient (Wildman–Crippen LogP) is 3.17. The number of halogens is 1. The highest BCUT2D eigenvalue weighted by Crippen LogP contribution is 2.32. The van der Waals surface area contributed by atoms with Crippen LogP contribution in [-0.2, 0) is 4.79 Å². The summed E-state index contributed by atoms with van der Waals surface area (Å²) in [6.07, 6.45) is 1.77. The minimum absolute atomic E-state index is 0.0741. The normalized spacial score (nSPS) is 18.6. The smallest absolute Gasteiger partial charge is 0.265 e. The van der Waals surface area contributed by atoms with Crippen LogP contribution in [0.5, 0.6) is 0 Å². The molecule has 1 aliphatic rings. The van der Waals surface area contributed by atoms with Crippen LogP contribution in [0.1, 0.15) is 5.56 Å². The first-order valence-electron chi connectivity index (χ1n) is 4.55. The van der Waals surface area contributed by atoms with Crippen LogP contribution >= 0.6 is 35.6 Å². The Morgan fingerprint density at radius 2 is 2.12 bits per heavy atom. The van der Waals surface area contributed by atoms with Gasteiger partial charge in [0.25, 0.3) is 5.91 Å². The second-order valence-electron chi connectivity index (χ2n) is 3.26. The highest BCUT2D eigenvalue weighted by atomic mass is 35.5. The zero-order valence-electron chi connectivity index (χ0n) is 8.44. The second-order valence-corrected chi connectivity index (χ2v) is 5.35. The molecule has 0 aliphatic carbocycles. The molecular formula is C11H8ClNOS2. The molecule has 1 amide bonds. The van der Waals surface area contributed by atoms with Gasteiger partial charge in [-0.2, -0.15) is 0 Å². The number of hydrogen-bond acceptors (Lipinski definition) is 3. The number of carbonyl (C=O) groups is 1. The van der Waals surface area contributed by atoms with Gasteiger partial charge in [0, 0.05) is 12.1 Å². The summed E-state index contributed by atoms with van der Waals surface area (Å²) in [7, 11) is 1.67. The monoisotopic (exact) mass is 269 g/mol. The molecule has 0 radical (unpaired) electrons. The van der Waals surface area contributed by atoms with Gasteiger partial charge >= 0.3 is 0 Å². The molecule has 0 spiro atoms. The lowest BCUT2D eigenvalue weighted by Gasteiger charge is -2.03. The van der Waals surface area contributed by atoms with Gasteiger partial charge in [-0.1, -0.05) is 53.8 Å². The van der Waals surface area contributed by atoms with Gasteiger partial charge in [-0.15, -0.1) is 0 Å². The first kappa shape index (κ1) is 11.6. The Labute approximate surface area is 108 Å². The largest absolute Gasteiger partial charge is 0.296 e. The van der Waals surface area contributed by atoms with Crippen molar-refractivity contribution in [2.24, 2.45) is 0 Å². The summed E-state index contributed by atoms with van der Waals surface area (Å²) < 4.78 is 0.573. The van der Waals surface area contributed by atoms with E-state index in [-0.39, 0.29) is 5.91 Å². The number of carbonyl (C=O) groups excluding carboxylic acids is 1. The number of thioether (sulfide) groups is 1. The van der Waals surface area contributed by atoms with Gasteiger partial charge in [-0.3, -0.25) is 9.69 Å². The molecule has 5 heteroatoms. The maximum atomic E-state index is 11.7. The van der Waals surface area contributed by atoms with Crippen molar-refractivity contribution in [3.05, 3.63) is 39.8 Å². The van der Waals surface area contributed by atoms with Gasteiger partial charge in [0.05, 0.1) is 4.91 Å². The molecule has 16 heavy (non-hydrogen) atoms. The van der Waals surface area contributed by atoms with E-state index in [1.165, 1.54) is 16.7 Å². The first-order valence-corrected chi connectivity index (χ1v) is 6.16. The van der Waals surface area contributed by atoms with Crippen LogP contribution in [0.15, 0.2) is 29.2 Å². The molecule has 0 unspecified atom stereocenters. The van der Waals surface area contributed by atoms with Gasteiger partial charge in [0.1, 0.15) is 4.32 Å². The van der Waals surface area contributed by atoms with Crippen LogP contribution in [0.4, 0.5) is 0 Å². The zero-order valence-corrected chi connectivity index (χ0v) is 10.8. The standard InChI is InChI=1S/C11H8ClNOS2/c1-13-10(14)9(16-11(13)15)6-7-4-2-3-5-8(7)12/h2-6H,1H3. The fraction of sp³-hybridized carbons (Fsp3) is 0.0909. The number of nitrogens with zero attached hydrogens (tertiary/aromatic N) is 1. The molecule has 0 N–H and O–H groups in total. The Kier molecular flexibility index (Phi) is 3.33. The van der Waals surface area contributed by atoms with Crippen molar-refractivity contribution in [1.29, 1.82) is 0 Å². The van der Waals surface area contributed by atoms with Crippen LogP contribution in [0.2, 0.25) is 5.02 Å². The molecule has 82 valence electrons. The molecule has 1 heterocycles. The Hall–Kier alpha value is -0.840. The number of rotatable bonds is 1. The average Bonchev–Trinajstić information content (AvgIpc) is 2.50. The summed E-state index contributed by atoms with van der Waals surface area (Å²) in [5, 5.41) is 0.629. The lowest BCUT2D eigenvalue weighted by Crippen LogP contribution is -2.22. The van der Waals surface area contributed by atoms with Gasteiger partial charge < -0.3 is 0 Å². The van der Waals surface area contributed by atoms with Crippen LogP contribution in [0.25, 0.3) is 6.08 Å². The third kappa shape index (κ3) is 2.14. The Morgan fingerprint density at radius 1 is 1.44 bits per heavy atom. The van der Waals surface area contributed by atoms with Gasteiger partial charge in [0.15, 0.2) is 0 Å². The van der Waals surface area contributed by atoms with Crippen LogP contribution in [0.3, 0.4) is 0 Å². The lowest BCUT2D eigenvalue weighted by atomic mass is 10.2. The maximum absolute atomic E-state index is 11.7. The van der Waals surface area contributed by atoms with Crippen molar-refractivity contribution >= 4 is 51.9 Å². The van der Waals surface area contributed by atoms with E-state index < -0.39 is 0 Å². The fourth-order valence-corrected chi connectivity index (χ4v) is 2.64. The second kappa shape index (κ2) is 4.57. The molecule has 1 aliphatic heterocycles. The van der Waals surface area contributed by atoms with Crippen molar-refractivity contribution < 1.29 is 4.79 Å². The number of hydrogen-bond donors (Lipinski definition) is 0. The molecule has 0 atom stereocenters. The third-order valence-corrected chi connectivity index (χ3v) is 4.01. The fourth-order valence-electron chi connectivity index (χ4n) is 1.28. The van der Waals surface area contributed by atoms with Crippen LogP contribution in [0, 0.1) is 0 Å². The Morgan fingerprint density at radius 3 is 2.69 bits per heavy atom. The Balaban J connectivity index is 2.37. The molecule has 0 bridgehead atoms. The topological polar surface area (TPSA) is 20.3 Å². The van der Waals surface area contributed by atoms with Gasteiger partial charge in [0.2, 0.25) is 0 Å². The quantitative estimate of drug-likeness (QED) is 0.577. The van der Waals surface area contributed by atoms with Crippen molar-refractivity contribution in [2.45, 2.75) is 0 Å². The van der Waals surface area contributed by atoms with Crippen molar-refractivity contribution in [3.8, 4) is 0 Å². The summed E-state index contributed by atoms with van der Waals surface area (Å²) >= 11 is 12.3. The highest BCUT2D eigenvalue weighted by Gasteiger charge is 2.28. The molecule has 2 rings (SSSR count). The van der Waals surface area contributed by atoms with Gasteiger partial charge in [-0.25, -0.2) is 0 Å². The summed E-state index contributed by atoms with van der Waals surface area (Å²) in [4.78, 5) is 13.8. The van der Waals surface area contributed by atoms with E-state index in [1.54, 1.807) is 19.2 Å². The number of amides is 1.